The highest BCUT2D eigenvalue weighted by atomic mass is 32.1. The zero-order valence-electron chi connectivity index (χ0n) is 14.5. The lowest BCUT2D eigenvalue weighted by atomic mass is 10.1. The number of aryl methyl sites for hydroxylation is 1. The van der Waals surface area contributed by atoms with Crippen molar-refractivity contribution in [2.45, 2.75) is 13.3 Å². The van der Waals surface area contributed by atoms with Crippen LogP contribution in [0.15, 0.2) is 53.9 Å². The van der Waals surface area contributed by atoms with Crippen molar-refractivity contribution in [3.05, 3.63) is 71.0 Å². The summed E-state index contributed by atoms with van der Waals surface area (Å²) in [4.78, 5) is 28.3. The third-order valence-corrected chi connectivity index (χ3v) is 4.44. The largest absolute Gasteiger partial charge is 0.325 e. The van der Waals surface area contributed by atoms with Crippen molar-refractivity contribution in [3.8, 4) is 0 Å². The molecule has 0 aliphatic heterocycles. The third-order valence-electron chi connectivity index (χ3n) is 3.68. The van der Waals surface area contributed by atoms with E-state index in [0.717, 1.165) is 17.8 Å². The van der Waals surface area contributed by atoms with Crippen molar-refractivity contribution in [3.63, 3.8) is 0 Å². The van der Waals surface area contributed by atoms with Crippen LogP contribution in [-0.2, 0) is 6.42 Å². The van der Waals surface area contributed by atoms with Crippen molar-refractivity contribution < 1.29 is 14.0 Å². The summed E-state index contributed by atoms with van der Waals surface area (Å²) >= 11 is 1.13. The Balaban J connectivity index is 1.57. The fourth-order valence-corrected chi connectivity index (χ4v) is 2.93. The number of rotatable bonds is 5. The van der Waals surface area contributed by atoms with Gasteiger partial charge in [-0.05, 0) is 48.4 Å². The second-order valence-electron chi connectivity index (χ2n) is 5.63. The number of nitrogens with zero attached hydrogens (tertiary/aromatic N) is 1. The van der Waals surface area contributed by atoms with Crippen LogP contribution in [0.2, 0.25) is 0 Å². The molecule has 0 aliphatic carbocycles. The van der Waals surface area contributed by atoms with E-state index in [2.05, 4.69) is 27.9 Å². The minimum Gasteiger partial charge on any atom is -0.321 e. The molecule has 2 aromatic carbocycles. The lowest BCUT2D eigenvalue weighted by Crippen LogP contribution is -2.19. The van der Waals surface area contributed by atoms with Gasteiger partial charge in [0.2, 0.25) is 0 Å². The molecular weight excluding hydrogens is 367 g/mol. The summed E-state index contributed by atoms with van der Waals surface area (Å²) in [5, 5.41) is 9.70. The predicted molar refractivity (Wildman–Crippen MR) is 105 cm³/mol. The fraction of sp³-hybridized carbons (Fsp3) is 0.105. The van der Waals surface area contributed by atoms with Crippen LogP contribution >= 0.6 is 11.3 Å². The number of halogens is 1. The van der Waals surface area contributed by atoms with Gasteiger partial charge >= 0.3 is 6.03 Å². The molecule has 27 heavy (non-hydrogen) atoms. The maximum atomic E-state index is 12.9. The molecule has 3 aromatic rings. The van der Waals surface area contributed by atoms with E-state index in [9.17, 15) is 14.0 Å². The number of hydrogen-bond acceptors (Lipinski definition) is 4. The molecule has 1 aromatic heterocycles. The molecular formula is C19H17FN4O2S. The molecule has 3 amide bonds. The quantitative estimate of drug-likeness (QED) is 0.594. The fourth-order valence-electron chi connectivity index (χ4n) is 2.25. The molecule has 6 nitrogen and oxygen atoms in total. The summed E-state index contributed by atoms with van der Waals surface area (Å²) in [5.41, 5.74) is 2.50. The Morgan fingerprint density at radius 2 is 1.59 bits per heavy atom. The van der Waals surface area contributed by atoms with Crippen LogP contribution in [0.1, 0.15) is 23.0 Å². The van der Waals surface area contributed by atoms with E-state index in [0.29, 0.717) is 11.4 Å². The van der Waals surface area contributed by atoms with Gasteiger partial charge in [-0.2, -0.15) is 0 Å². The summed E-state index contributed by atoms with van der Waals surface area (Å²) < 4.78 is 12.9. The molecule has 0 radical (unpaired) electrons. The van der Waals surface area contributed by atoms with Crippen LogP contribution in [0.3, 0.4) is 0 Å². The second kappa shape index (κ2) is 8.41. The Hall–Kier alpha value is -3.26. The molecule has 0 saturated carbocycles. The van der Waals surface area contributed by atoms with Gasteiger partial charge in [0.25, 0.3) is 5.91 Å². The second-order valence-corrected chi connectivity index (χ2v) is 6.49. The first-order valence-corrected chi connectivity index (χ1v) is 9.11. The van der Waals surface area contributed by atoms with Crippen LogP contribution in [0.5, 0.6) is 0 Å². The standard InChI is InChI=1S/C19H17FN4O2S/c1-2-12-3-7-14(8-4-12)21-17(25)16-11-27-19(23-16)24-18(26)22-15-9-5-13(20)6-10-15/h3-11H,2H2,1H3,(H,21,25)(H2,22,23,24,26). The SMILES string of the molecule is CCc1ccc(NC(=O)c2csc(NC(=O)Nc3ccc(F)cc3)n2)cc1. The molecule has 0 fully saturated rings. The molecule has 0 bridgehead atoms. The van der Waals surface area contributed by atoms with E-state index in [-0.39, 0.29) is 22.5 Å². The van der Waals surface area contributed by atoms with E-state index < -0.39 is 6.03 Å². The van der Waals surface area contributed by atoms with E-state index in [1.54, 1.807) is 5.38 Å². The van der Waals surface area contributed by atoms with Gasteiger partial charge in [-0.25, -0.2) is 14.2 Å². The van der Waals surface area contributed by atoms with Crippen molar-refractivity contribution in [1.29, 1.82) is 0 Å². The molecule has 8 heteroatoms. The Labute approximate surface area is 159 Å². The van der Waals surface area contributed by atoms with Crippen LogP contribution in [0.4, 0.5) is 25.7 Å². The minimum atomic E-state index is -0.530. The minimum absolute atomic E-state index is 0.205. The molecule has 138 valence electrons. The first-order chi connectivity index (χ1) is 13.0. The molecule has 0 atom stereocenters. The number of carbonyl (C=O) groups is 2. The Morgan fingerprint density at radius 3 is 2.26 bits per heavy atom. The molecule has 3 rings (SSSR count). The summed E-state index contributed by atoms with van der Waals surface area (Å²) in [7, 11) is 0. The first kappa shape index (κ1) is 18.5. The zero-order valence-corrected chi connectivity index (χ0v) is 15.3. The van der Waals surface area contributed by atoms with Crippen LogP contribution in [0.25, 0.3) is 0 Å². The normalized spacial score (nSPS) is 10.3. The highest BCUT2D eigenvalue weighted by molar-refractivity contribution is 7.14. The summed E-state index contributed by atoms with van der Waals surface area (Å²) in [6, 6.07) is 12.4. The number of amides is 3. The maximum absolute atomic E-state index is 12.9. The lowest BCUT2D eigenvalue weighted by molar-refractivity contribution is 0.102. The summed E-state index contributed by atoms with van der Waals surface area (Å²) in [5.74, 6) is -0.747. The van der Waals surface area contributed by atoms with Gasteiger partial charge in [0.15, 0.2) is 5.13 Å². The Morgan fingerprint density at radius 1 is 0.963 bits per heavy atom. The number of urea groups is 1. The smallest absolute Gasteiger partial charge is 0.321 e. The Bertz CT molecular complexity index is 939. The Kier molecular flexibility index (Phi) is 5.77. The number of carbonyl (C=O) groups excluding carboxylic acids is 2. The van der Waals surface area contributed by atoms with Gasteiger partial charge in [0, 0.05) is 16.8 Å². The topological polar surface area (TPSA) is 83.1 Å². The van der Waals surface area contributed by atoms with E-state index >= 15 is 0 Å². The molecule has 1 heterocycles. The maximum Gasteiger partial charge on any atom is 0.325 e. The first-order valence-electron chi connectivity index (χ1n) is 8.23. The summed E-state index contributed by atoms with van der Waals surface area (Å²) in [6.07, 6.45) is 0.926. The lowest BCUT2D eigenvalue weighted by Gasteiger charge is -2.05. The predicted octanol–water partition coefficient (Wildman–Crippen LogP) is 4.74. The summed E-state index contributed by atoms with van der Waals surface area (Å²) in [6.45, 7) is 2.06. The molecule has 0 aliphatic rings. The monoisotopic (exact) mass is 384 g/mol. The van der Waals surface area contributed by atoms with Crippen molar-refractivity contribution in [1.82, 2.24) is 4.98 Å². The van der Waals surface area contributed by atoms with Gasteiger partial charge in [-0.3, -0.25) is 10.1 Å². The van der Waals surface area contributed by atoms with Crippen LogP contribution < -0.4 is 16.0 Å². The van der Waals surface area contributed by atoms with Crippen molar-refractivity contribution in [2.75, 3.05) is 16.0 Å². The zero-order chi connectivity index (χ0) is 19.2. The van der Waals surface area contributed by atoms with Gasteiger partial charge < -0.3 is 10.6 Å². The number of nitrogens with one attached hydrogen (secondary N) is 3. The number of benzene rings is 2. The average molecular weight is 384 g/mol. The number of anilines is 3. The third kappa shape index (κ3) is 5.11. The highest BCUT2D eigenvalue weighted by Gasteiger charge is 2.13. The van der Waals surface area contributed by atoms with E-state index in [1.165, 1.54) is 29.8 Å². The van der Waals surface area contributed by atoms with Gasteiger partial charge in [0.05, 0.1) is 0 Å². The van der Waals surface area contributed by atoms with Crippen molar-refractivity contribution >= 4 is 39.8 Å². The number of aromatic nitrogens is 1. The highest BCUT2D eigenvalue weighted by Crippen LogP contribution is 2.18. The number of thiazole rings is 1. The van der Waals surface area contributed by atoms with Gasteiger partial charge in [-0.15, -0.1) is 11.3 Å². The average Bonchev–Trinajstić information content (AvgIpc) is 3.13. The molecule has 0 unspecified atom stereocenters. The van der Waals surface area contributed by atoms with Gasteiger partial charge in [-0.1, -0.05) is 19.1 Å². The van der Waals surface area contributed by atoms with Gasteiger partial charge in [0.1, 0.15) is 11.5 Å². The molecule has 3 N–H and O–H groups in total. The molecule has 0 spiro atoms. The van der Waals surface area contributed by atoms with Crippen LogP contribution in [-0.4, -0.2) is 16.9 Å². The molecule has 0 saturated heterocycles. The van der Waals surface area contributed by atoms with E-state index in [1.807, 2.05) is 24.3 Å². The van der Waals surface area contributed by atoms with E-state index in [4.69, 9.17) is 0 Å². The van der Waals surface area contributed by atoms with Crippen LogP contribution in [0, 0.1) is 5.82 Å². The number of hydrogen-bond donors (Lipinski definition) is 3. The van der Waals surface area contributed by atoms with Crippen molar-refractivity contribution in [2.24, 2.45) is 0 Å².